The number of rotatable bonds is 7. The van der Waals surface area contributed by atoms with Crippen LogP contribution in [0.25, 0.3) is 16.7 Å². The van der Waals surface area contributed by atoms with E-state index in [2.05, 4.69) is 18.8 Å². The van der Waals surface area contributed by atoms with Gasteiger partial charge in [0.15, 0.2) is 0 Å². The van der Waals surface area contributed by atoms with E-state index in [0.29, 0.717) is 12.3 Å². The number of hydrogen-bond acceptors (Lipinski definition) is 4. The molecular weight excluding hydrogens is 483 g/mol. The summed E-state index contributed by atoms with van der Waals surface area (Å²) in [5, 5.41) is 12.2. The highest BCUT2D eigenvalue weighted by atomic mass is 19.1. The first kappa shape index (κ1) is 25.3. The number of nitrogens with zero attached hydrogens (tertiary/aromatic N) is 1. The first-order chi connectivity index (χ1) is 18.3. The fourth-order valence-electron chi connectivity index (χ4n) is 5.02. The number of aromatic nitrogens is 1. The van der Waals surface area contributed by atoms with Crippen LogP contribution in [-0.2, 0) is 16.0 Å². The Kier molecular flexibility index (Phi) is 6.76. The molecule has 1 aliphatic heterocycles. The molecule has 2 heterocycles. The molecule has 3 aromatic carbocycles. The number of ketones is 1. The summed E-state index contributed by atoms with van der Waals surface area (Å²) in [5.41, 5.74) is 4.04. The molecule has 1 atom stereocenters. The van der Waals surface area contributed by atoms with Gasteiger partial charge in [0.05, 0.1) is 18.7 Å². The zero-order valence-electron chi connectivity index (χ0n) is 21.5. The van der Waals surface area contributed by atoms with E-state index in [-0.39, 0.29) is 23.4 Å². The van der Waals surface area contributed by atoms with E-state index in [1.165, 1.54) is 29.2 Å². The summed E-state index contributed by atoms with van der Waals surface area (Å²) in [6.45, 7) is 4.43. The third kappa shape index (κ3) is 4.56. The number of H-pyrrole nitrogens is 1. The molecule has 194 valence electrons. The van der Waals surface area contributed by atoms with Crippen molar-refractivity contribution in [2.24, 2.45) is 0 Å². The maximum Gasteiger partial charge on any atom is 0.295 e. The van der Waals surface area contributed by atoms with Gasteiger partial charge in [-0.2, -0.15) is 0 Å². The smallest absolute Gasteiger partial charge is 0.295 e. The lowest BCUT2D eigenvalue weighted by molar-refractivity contribution is -0.139. The first-order valence-electron chi connectivity index (χ1n) is 12.6. The van der Waals surface area contributed by atoms with Crippen LogP contribution in [0, 0.1) is 5.82 Å². The number of carbonyl (C=O) groups excluding carboxylic acids is 2. The van der Waals surface area contributed by atoms with Crippen molar-refractivity contribution in [2.45, 2.75) is 32.2 Å². The van der Waals surface area contributed by atoms with E-state index < -0.39 is 23.5 Å². The Morgan fingerprint density at radius 1 is 1.05 bits per heavy atom. The Labute approximate surface area is 220 Å². The van der Waals surface area contributed by atoms with Gasteiger partial charge in [-0.05, 0) is 71.5 Å². The molecule has 7 heteroatoms. The summed E-state index contributed by atoms with van der Waals surface area (Å²) in [6, 6.07) is 17.9. The minimum absolute atomic E-state index is 0.000462. The van der Waals surface area contributed by atoms with Gasteiger partial charge in [0.25, 0.3) is 11.7 Å². The molecule has 0 aliphatic carbocycles. The molecule has 0 spiro atoms. The van der Waals surface area contributed by atoms with Gasteiger partial charge in [0, 0.05) is 29.2 Å². The highest BCUT2D eigenvalue weighted by molar-refractivity contribution is 6.46. The molecule has 38 heavy (non-hydrogen) atoms. The first-order valence-corrected chi connectivity index (χ1v) is 12.6. The largest absolute Gasteiger partial charge is 0.507 e. The SMILES string of the molecule is COc1ccc2[nH]cc(CCN3C(=O)C(=O)C(=C(O)c4ccc(F)cc4)[C@H]3c3ccc(C(C)C)cc3)c2c1. The summed E-state index contributed by atoms with van der Waals surface area (Å²) in [5.74, 6) is -1.18. The van der Waals surface area contributed by atoms with Crippen molar-refractivity contribution in [2.75, 3.05) is 13.7 Å². The second-order valence-corrected chi connectivity index (χ2v) is 9.80. The standard InChI is InChI=1S/C31H29FN2O4/c1-18(2)19-4-6-20(7-5-19)28-27(29(35)21-8-10-23(32)11-9-21)30(36)31(37)34(28)15-14-22-17-33-26-13-12-24(38-3)16-25(22)26/h4-13,16-18,28,33,35H,14-15H2,1-3H3/t28-/m1/s1. The van der Waals surface area contributed by atoms with Crippen LogP contribution in [0.1, 0.15) is 48.1 Å². The van der Waals surface area contributed by atoms with Crippen molar-refractivity contribution in [3.63, 3.8) is 0 Å². The van der Waals surface area contributed by atoms with Gasteiger partial charge in [-0.3, -0.25) is 9.59 Å². The Balaban J connectivity index is 1.55. The molecular formula is C31H29FN2O4. The van der Waals surface area contributed by atoms with E-state index in [9.17, 15) is 19.1 Å². The fourth-order valence-corrected chi connectivity index (χ4v) is 5.02. The normalized spacial score (nSPS) is 17.1. The van der Waals surface area contributed by atoms with Crippen LogP contribution in [0.2, 0.25) is 0 Å². The number of aromatic amines is 1. The van der Waals surface area contributed by atoms with E-state index >= 15 is 0 Å². The van der Waals surface area contributed by atoms with Crippen LogP contribution >= 0.6 is 0 Å². The van der Waals surface area contributed by atoms with Crippen molar-refractivity contribution in [3.05, 3.63) is 107 Å². The number of aliphatic hydroxyl groups excluding tert-OH is 1. The Morgan fingerprint density at radius 2 is 1.76 bits per heavy atom. The monoisotopic (exact) mass is 512 g/mol. The van der Waals surface area contributed by atoms with E-state index in [1.807, 2.05) is 48.7 Å². The Bertz CT molecular complexity index is 1530. The van der Waals surface area contributed by atoms with Gasteiger partial charge in [0.2, 0.25) is 0 Å². The number of likely N-dealkylation sites (tertiary alicyclic amines) is 1. The lowest BCUT2D eigenvalue weighted by atomic mass is 9.93. The summed E-state index contributed by atoms with van der Waals surface area (Å²) in [4.78, 5) is 31.4. The molecule has 1 aliphatic rings. The van der Waals surface area contributed by atoms with E-state index in [1.54, 1.807) is 7.11 Å². The molecule has 4 aromatic rings. The predicted octanol–water partition coefficient (Wildman–Crippen LogP) is 6.10. The van der Waals surface area contributed by atoms with Gasteiger partial charge in [-0.1, -0.05) is 38.1 Å². The van der Waals surface area contributed by atoms with Crippen LogP contribution < -0.4 is 4.74 Å². The minimum atomic E-state index is -0.777. The maximum absolute atomic E-state index is 13.5. The molecule has 1 fully saturated rings. The van der Waals surface area contributed by atoms with Gasteiger partial charge in [0.1, 0.15) is 17.3 Å². The van der Waals surface area contributed by atoms with Crippen LogP contribution in [-0.4, -0.2) is 40.3 Å². The quantitative estimate of drug-likeness (QED) is 0.178. The van der Waals surface area contributed by atoms with Crippen molar-refractivity contribution >= 4 is 28.4 Å². The number of ether oxygens (including phenoxy) is 1. The van der Waals surface area contributed by atoms with Crippen molar-refractivity contribution in [3.8, 4) is 5.75 Å². The van der Waals surface area contributed by atoms with Crippen molar-refractivity contribution in [1.82, 2.24) is 9.88 Å². The van der Waals surface area contributed by atoms with Crippen LogP contribution in [0.4, 0.5) is 4.39 Å². The minimum Gasteiger partial charge on any atom is -0.507 e. The molecule has 1 saturated heterocycles. The van der Waals surface area contributed by atoms with Crippen LogP contribution in [0.15, 0.2) is 78.5 Å². The lowest BCUT2D eigenvalue weighted by Gasteiger charge is -2.25. The number of methoxy groups -OCH3 is 1. The third-order valence-corrected chi connectivity index (χ3v) is 7.17. The number of aliphatic hydroxyl groups is 1. The molecule has 0 saturated carbocycles. The fraction of sp³-hybridized carbons (Fsp3) is 0.226. The van der Waals surface area contributed by atoms with Crippen LogP contribution in [0.5, 0.6) is 5.75 Å². The average molecular weight is 513 g/mol. The Morgan fingerprint density at radius 3 is 2.42 bits per heavy atom. The molecule has 1 amide bonds. The van der Waals surface area contributed by atoms with Gasteiger partial charge in [-0.25, -0.2) is 4.39 Å². The summed E-state index contributed by atoms with van der Waals surface area (Å²) < 4.78 is 18.9. The van der Waals surface area contributed by atoms with E-state index in [4.69, 9.17) is 4.74 Å². The zero-order valence-corrected chi connectivity index (χ0v) is 21.5. The summed E-state index contributed by atoms with van der Waals surface area (Å²) in [6.07, 6.45) is 2.38. The Hall–Kier alpha value is -4.39. The molecule has 6 nitrogen and oxygen atoms in total. The molecule has 1 aromatic heterocycles. The van der Waals surface area contributed by atoms with Crippen LogP contribution in [0.3, 0.4) is 0 Å². The molecule has 2 N–H and O–H groups in total. The zero-order chi connectivity index (χ0) is 27.0. The predicted molar refractivity (Wildman–Crippen MR) is 144 cm³/mol. The number of nitrogens with one attached hydrogen (secondary N) is 1. The van der Waals surface area contributed by atoms with Gasteiger partial charge >= 0.3 is 0 Å². The topological polar surface area (TPSA) is 82.6 Å². The maximum atomic E-state index is 13.5. The number of hydrogen-bond donors (Lipinski definition) is 2. The van der Waals surface area contributed by atoms with Gasteiger partial charge in [-0.15, -0.1) is 0 Å². The molecule has 0 bridgehead atoms. The number of halogens is 1. The summed E-state index contributed by atoms with van der Waals surface area (Å²) in [7, 11) is 1.61. The molecule has 0 radical (unpaired) electrons. The lowest BCUT2D eigenvalue weighted by Crippen LogP contribution is -2.31. The van der Waals surface area contributed by atoms with E-state index in [0.717, 1.165) is 33.3 Å². The highest BCUT2D eigenvalue weighted by Gasteiger charge is 2.45. The van der Waals surface area contributed by atoms with Gasteiger partial charge < -0.3 is 19.7 Å². The summed E-state index contributed by atoms with van der Waals surface area (Å²) >= 11 is 0. The highest BCUT2D eigenvalue weighted by Crippen LogP contribution is 2.40. The molecule has 0 unspecified atom stereocenters. The number of amides is 1. The van der Waals surface area contributed by atoms with Crippen molar-refractivity contribution < 1.29 is 23.8 Å². The number of Topliss-reactive ketones (excluding diaryl/α,β-unsaturated/α-hetero) is 1. The number of benzene rings is 3. The second kappa shape index (κ2) is 10.2. The number of fused-ring (bicyclic) bond motifs is 1. The number of carbonyl (C=O) groups is 2. The average Bonchev–Trinajstić information content (AvgIpc) is 3.44. The second-order valence-electron chi connectivity index (χ2n) is 9.80. The molecule has 5 rings (SSSR count). The van der Waals surface area contributed by atoms with Crippen molar-refractivity contribution in [1.29, 1.82) is 0 Å². The third-order valence-electron chi connectivity index (χ3n) is 7.17.